The average Bonchev–Trinajstić information content (AvgIpc) is 3.98. The van der Waals surface area contributed by atoms with Crippen LogP contribution in [-0.4, -0.2) is 67.3 Å². The number of anilines is 2. The Hall–Kier alpha value is -6.76. The molecule has 69 heavy (non-hydrogen) atoms. The van der Waals surface area contributed by atoms with Crippen LogP contribution in [0.2, 0.25) is 0 Å². The summed E-state index contributed by atoms with van der Waals surface area (Å²) < 4.78 is 11.8. The Balaban J connectivity index is 1.14. The number of methoxy groups -OCH3 is 1. The number of ketones is 1. The lowest BCUT2D eigenvalue weighted by atomic mass is 9.58. The third kappa shape index (κ3) is 8.92. The Kier molecular flexibility index (Phi) is 12.6. The zero-order chi connectivity index (χ0) is 48.0. The number of aliphatic hydroxyl groups excluding tert-OH is 2. The highest BCUT2D eigenvalue weighted by Crippen LogP contribution is 2.56. The zero-order valence-corrected chi connectivity index (χ0v) is 39.0. The number of benzene rings is 4. The van der Waals surface area contributed by atoms with Gasteiger partial charge in [0.25, 0.3) is 0 Å². The smallest absolute Gasteiger partial charge is 0.200 e. The number of phenols is 4. The van der Waals surface area contributed by atoms with E-state index in [0.717, 1.165) is 57.2 Å². The molecule has 0 radical (unpaired) electrons. The van der Waals surface area contributed by atoms with E-state index in [1.807, 2.05) is 42.5 Å². The number of Topliss-reactive ketones (excluding diaryl/α,β-unsaturated/α-hetero) is 1. The van der Waals surface area contributed by atoms with Crippen molar-refractivity contribution in [1.82, 2.24) is 9.97 Å². The monoisotopic (exact) mass is 930 g/mol. The van der Waals surface area contributed by atoms with Crippen molar-refractivity contribution in [2.45, 2.75) is 94.2 Å². The number of rotatable bonds is 11. The highest BCUT2D eigenvalue weighted by molar-refractivity contribution is 6.00. The van der Waals surface area contributed by atoms with Crippen LogP contribution in [0.5, 0.6) is 34.5 Å². The number of carbonyl (C=O) groups excluding carboxylic acids is 1. The first kappa shape index (κ1) is 46.0. The minimum atomic E-state index is -1.21. The number of carbonyl (C=O) groups is 1. The predicted molar refractivity (Wildman–Crippen MR) is 265 cm³/mol. The standard InChI is InChI=1S/C57H60N3O9/c1-32-5-3-6-34(21-32)31-69-51-28-39(27-49(66)56(51)67)38-23-35-10-11-36-24-42(61)25-37-12-13-44(54(35)53(36)37)60-52-29-40(17-20-59-52)57(18-16-45(62)43(57)30-41-7-4-19-58-41)55(48(65)26-38)47(64)15-9-33-8-14-46(63)50(22-33)68-2/h3-4,6-8,10-14,17,19-20,22,24-25,27-29,32,34-35,38,43,45,47,55,61-64,66-67H,5,9,15-16,18,21,23,26,30-31H2,1-2H3,(H,59,60)/q-1/t32-,34+,35-,38-,43-,45+,47+,55-,57+/m0/s1. The molecule has 1 saturated carbocycles. The highest BCUT2D eigenvalue weighted by Gasteiger charge is 2.57. The Bertz CT molecular complexity index is 2930. The topological polar surface area (TPSA) is 196 Å². The number of nitrogens with one attached hydrogen (secondary N) is 1. The molecule has 10 rings (SSSR count). The third-order valence-corrected chi connectivity index (χ3v) is 15.5. The van der Waals surface area contributed by atoms with E-state index in [0.29, 0.717) is 61.8 Å². The average molecular weight is 931 g/mol. The molecule has 1 spiro atoms. The lowest BCUT2D eigenvalue weighted by molar-refractivity contribution is -0.132. The van der Waals surface area contributed by atoms with E-state index in [1.54, 1.807) is 48.8 Å². The molecule has 2 bridgehead atoms. The van der Waals surface area contributed by atoms with Gasteiger partial charge >= 0.3 is 0 Å². The summed E-state index contributed by atoms with van der Waals surface area (Å²) >= 11 is 0. The van der Waals surface area contributed by atoms with Gasteiger partial charge in [-0.3, -0.25) is 4.79 Å². The van der Waals surface area contributed by atoms with Crippen molar-refractivity contribution in [3.05, 3.63) is 143 Å². The van der Waals surface area contributed by atoms with Gasteiger partial charge in [0.15, 0.2) is 23.0 Å². The van der Waals surface area contributed by atoms with Gasteiger partial charge in [0.05, 0.1) is 31.8 Å². The number of aliphatic hydroxyl groups is 2. The Labute approximate surface area is 402 Å². The molecule has 358 valence electrons. The summed E-state index contributed by atoms with van der Waals surface area (Å²) in [6.07, 6.45) is 13.7. The van der Waals surface area contributed by atoms with Gasteiger partial charge in [0.1, 0.15) is 17.4 Å². The number of aromatic hydroxyl groups is 4. The fourth-order valence-corrected chi connectivity index (χ4v) is 12.3. The van der Waals surface area contributed by atoms with E-state index in [2.05, 4.69) is 35.5 Å². The Morgan fingerprint density at radius 2 is 1.83 bits per heavy atom. The molecule has 0 unspecified atom stereocenters. The molecule has 12 nitrogen and oxygen atoms in total. The Morgan fingerprint density at radius 1 is 0.957 bits per heavy atom. The van der Waals surface area contributed by atoms with Crippen molar-refractivity contribution in [2.75, 3.05) is 19.0 Å². The number of hydrogen-bond donors (Lipinski definition) is 7. The Morgan fingerprint density at radius 3 is 2.64 bits per heavy atom. The molecule has 4 aromatic carbocycles. The van der Waals surface area contributed by atoms with E-state index in [-0.39, 0.29) is 59.2 Å². The first-order chi connectivity index (χ1) is 33.4. The SMILES string of the molecule is COc1cc(CC[C@@H](O)[C@H]2C(=O)C[C@@H](c3cc(O)c(O)c(OC[C@@H]4C=CC[C@H](C)C4)c3)C[C@@H]3C=Cc4cc(O)cc5ccc(c3c45)Nc3cc(ccn3)[C@@]23CC[C@@H](O)[C@@H]3Cc2ccc[n-]2)ccc1O. The van der Waals surface area contributed by atoms with E-state index < -0.39 is 35.4 Å². The van der Waals surface area contributed by atoms with Gasteiger partial charge < -0.3 is 50.4 Å². The molecule has 12 heteroatoms. The molecule has 2 aromatic heterocycles. The van der Waals surface area contributed by atoms with Crippen LogP contribution in [0.1, 0.15) is 97.2 Å². The van der Waals surface area contributed by atoms with Gasteiger partial charge in [-0.25, -0.2) is 4.98 Å². The fraction of sp³-hybridized carbons (Fsp3) is 0.368. The van der Waals surface area contributed by atoms with Gasteiger partial charge in [0, 0.05) is 35.6 Å². The number of pyridine rings is 1. The summed E-state index contributed by atoms with van der Waals surface area (Å²) in [4.78, 5) is 25.6. The summed E-state index contributed by atoms with van der Waals surface area (Å²) in [7, 11) is 1.48. The summed E-state index contributed by atoms with van der Waals surface area (Å²) in [5.41, 5.74) is 4.41. The lowest BCUT2D eigenvalue weighted by Crippen LogP contribution is -2.51. The molecule has 9 atom stereocenters. The maximum atomic E-state index is 16.2. The normalized spacial score (nSPS) is 25.7. The number of aromatic nitrogens is 2. The van der Waals surface area contributed by atoms with Crippen molar-refractivity contribution in [1.29, 1.82) is 0 Å². The first-order valence-electron chi connectivity index (χ1n) is 24.3. The number of nitrogens with zero attached hydrogens (tertiary/aromatic N) is 2. The van der Waals surface area contributed by atoms with Crippen LogP contribution < -0.4 is 19.8 Å². The maximum Gasteiger partial charge on any atom is 0.200 e. The van der Waals surface area contributed by atoms with Crippen LogP contribution in [0.3, 0.4) is 0 Å². The molecule has 3 aliphatic carbocycles. The second-order valence-electron chi connectivity index (χ2n) is 19.9. The van der Waals surface area contributed by atoms with Gasteiger partial charge in [0.2, 0.25) is 5.75 Å². The van der Waals surface area contributed by atoms with E-state index >= 15 is 4.79 Å². The van der Waals surface area contributed by atoms with Crippen molar-refractivity contribution < 1.29 is 44.9 Å². The maximum absolute atomic E-state index is 16.2. The number of allylic oxidation sites excluding steroid dienone is 2. The van der Waals surface area contributed by atoms with Crippen molar-refractivity contribution >= 4 is 34.1 Å². The third-order valence-electron chi connectivity index (χ3n) is 15.5. The van der Waals surface area contributed by atoms with Gasteiger partial charge in [-0.15, -0.1) is 0 Å². The van der Waals surface area contributed by atoms with Crippen LogP contribution in [0.15, 0.2) is 109 Å². The first-order valence-corrected chi connectivity index (χ1v) is 24.3. The van der Waals surface area contributed by atoms with Crippen molar-refractivity contribution in [2.24, 2.45) is 23.7 Å². The fourth-order valence-electron chi connectivity index (χ4n) is 12.3. The van der Waals surface area contributed by atoms with Crippen LogP contribution >= 0.6 is 0 Å². The number of fused-ring (bicyclic) bond motifs is 3. The van der Waals surface area contributed by atoms with Crippen LogP contribution in [-0.2, 0) is 23.1 Å². The second-order valence-corrected chi connectivity index (χ2v) is 19.9. The van der Waals surface area contributed by atoms with E-state index in [9.17, 15) is 30.6 Å². The molecule has 3 heterocycles. The summed E-state index contributed by atoms with van der Waals surface area (Å²) in [6.45, 7) is 2.50. The lowest BCUT2D eigenvalue weighted by Gasteiger charge is -2.46. The second kappa shape index (κ2) is 19.0. The van der Waals surface area contributed by atoms with E-state index in [1.165, 1.54) is 13.2 Å². The molecule has 0 saturated heterocycles. The summed E-state index contributed by atoms with van der Waals surface area (Å²) in [5.74, 6) is -1.72. The van der Waals surface area contributed by atoms with Crippen LogP contribution in [0, 0.1) is 23.7 Å². The number of ether oxygens (including phenoxy) is 2. The zero-order valence-electron chi connectivity index (χ0n) is 39.0. The number of hydrogen-bond acceptors (Lipinski definition) is 11. The van der Waals surface area contributed by atoms with Crippen LogP contribution in [0.25, 0.3) is 16.8 Å². The molecule has 6 aromatic rings. The van der Waals surface area contributed by atoms with Crippen LogP contribution in [0.4, 0.5) is 11.5 Å². The highest BCUT2D eigenvalue weighted by atomic mass is 16.5. The van der Waals surface area contributed by atoms with Gasteiger partial charge in [-0.05, 0) is 162 Å². The molecular formula is C57H60N3O9-. The number of phenolic OH excluding ortho intramolecular Hbond substituents is 4. The molecule has 0 amide bonds. The largest absolute Gasteiger partial charge is 0.668 e. The molecule has 1 aliphatic heterocycles. The molecular weight excluding hydrogens is 871 g/mol. The molecule has 7 N–H and O–H groups in total. The van der Waals surface area contributed by atoms with Gasteiger partial charge in [-0.2, -0.15) is 11.9 Å². The number of aryl methyl sites for hydroxylation is 1. The minimum absolute atomic E-state index is 0.00482. The van der Waals surface area contributed by atoms with Crippen molar-refractivity contribution in [3.8, 4) is 34.5 Å². The molecule has 4 aliphatic rings. The summed E-state index contributed by atoms with van der Waals surface area (Å²) in [5, 5.41) is 74.6. The predicted octanol–water partition coefficient (Wildman–Crippen LogP) is 9.87. The van der Waals surface area contributed by atoms with E-state index in [4.69, 9.17) is 14.5 Å². The minimum Gasteiger partial charge on any atom is -0.668 e. The quantitative estimate of drug-likeness (QED) is 0.0481. The molecule has 1 fully saturated rings. The summed E-state index contributed by atoms with van der Waals surface area (Å²) in [6, 6.07) is 23.4. The van der Waals surface area contributed by atoms with Crippen molar-refractivity contribution in [3.63, 3.8) is 0 Å². The van der Waals surface area contributed by atoms with Gasteiger partial charge in [-0.1, -0.05) is 55.5 Å².